The molecular formula is C12H30N2O. The zero-order chi connectivity index (χ0) is 12.9. The first-order valence-electron chi connectivity index (χ1n) is 5.98. The van der Waals surface area contributed by atoms with Crippen LogP contribution in [0.1, 0.15) is 41.5 Å². The van der Waals surface area contributed by atoms with E-state index in [2.05, 4.69) is 4.90 Å². The van der Waals surface area contributed by atoms with E-state index in [9.17, 15) is 4.79 Å². The number of carbonyl (C=O) groups excluding carboxylic acids is 1. The molecule has 0 aromatic rings. The molecule has 0 N–H and O–H groups in total. The number of amides is 1. The number of carbonyl (C=O) groups is 1. The average Bonchev–Trinajstić information content (AvgIpc) is 2.24. The van der Waals surface area contributed by atoms with E-state index in [1.54, 1.807) is 6.92 Å². The number of rotatable bonds is 4. The van der Waals surface area contributed by atoms with E-state index >= 15 is 0 Å². The van der Waals surface area contributed by atoms with Crippen LogP contribution < -0.4 is 0 Å². The van der Waals surface area contributed by atoms with Gasteiger partial charge in [-0.05, 0) is 21.0 Å². The summed E-state index contributed by atoms with van der Waals surface area (Å²) in [6.45, 7) is 14.2. The molecule has 3 heteroatoms. The van der Waals surface area contributed by atoms with Crippen molar-refractivity contribution in [2.24, 2.45) is 0 Å². The molecule has 0 fully saturated rings. The van der Waals surface area contributed by atoms with Gasteiger partial charge in [-0.25, -0.2) is 0 Å². The lowest BCUT2D eigenvalue weighted by Gasteiger charge is -2.20. The van der Waals surface area contributed by atoms with Crippen molar-refractivity contribution >= 4 is 5.91 Å². The second-order valence-corrected chi connectivity index (χ2v) is 2.90. The molecule has 1 amide bonds. The Bertz CT molecular complexity index is 125. The van der Waals surface area contributed by atoms with Gasteiger partial charge in [0.15, 0.2) is 0 Å². The van der Waals surface area contributed by atoms with E-state index in [1.807, 2.05) is 53.6 Å². The highest BCUT2D eigenvalue weighted by atomic mass is 16.2. The van der Waals surface area contributed by atoms with Gasteiger partial charge in [0, 0.05) is 26.6 Å². The molecule has 0 aliphatic rings. The van der Waals surface area contributed by atoms with Crippen molar-refractivity contribution in [3.05, 3.63) is 0 Å². The summed E-state index contributed by atoms with van der Waals surface area (Å²) in [5, 5.41) is 0. The Kier molecular flexibility index (Phi) is 21.1. The van der Waals surface area contributed by atoms with Crippen molar-refractivity contribution < 1.29 is 4.79 Å². The second kappa shape index (κ2) is 15.9. The Balaban J connectivity index is -0.000000318. The largest absolute Gasteiger partial charge is 0.342 e. The van der Waals surface area contributed by atoms with E-state index in [-0.39, 0.29) is 5.91 Å². The highest BCUT2D eigenvalue weighted by Crippen LogP contribution is 1.88. The van der Waals surface area contributed by atoms with Crippen LogP contribution in [0.25, 0.3) is 0 Å². The molecule has 15 heavy (non-hydrogen) atoms. The zero-order valence-electron chi connectivity index (χ0n) is 11.9. The van der Waals surface area contributed by atoms with Crippen LogP contribution in [0.3, 0.4) is 0 Å². The number of nitrogens with zero attached hydrogens (tertiary/aromatic N) is 2. The van der Waals surface area contributed by atoms with Gasteiger partial charge in [0.1, 0.15) is 0 Å². The predicted octanol–water partition coefficient (Wildman–Crippen LogP) is 2.47. The van der Waals surface area contributed by atoms with Gasteiger partial charge in [0.05, 0.1) is 0 Å². The molecule has 0 atom stereocenters. The van der Waals surface area contributed by atoms with Crippen molar-refractivity contribution in [2.75, 3.05) is 33.7 Å². The van der Waals surface area contributed by atoms with Crippen LogP contribution in [0.5, 0.6) is 0 Å². The van der Waals surface area contributed by atoms with E-state index < -0.39 is 0 Å². The Hall–Kier alpha value is -0.570. The minimum atomic E-state index is 0.161. The summed E-state index contributed by atoms with van der Waals surface area (Å²) in [6.07, 6.45) is 0. The predicted molar refractivity (Wildman–Crippen MR) is 69.2 cm³/mol. The van der Waals surface area contributed by atoms with E-state index in [0.717, 1.165) is 19.6 Å². The second-order valence-electron chi connectivity index (χ2n) is 2.90. The molecule has 94 valence electrons. The Morgan fingerprint density at radius 3 is 1.60 bits per heavy atom. The van der Waals surface area contributed by atoms with Crippen molar-refractivity contribution in [3.63, 3.8) is 0 Å². The fraction of sp³-hybridized carbons (Fsp3) is 0.917. The summed E-state index contributed by atoms with van der Waals surface area (Å²) in [5.41, 5.74) is 0. The van der Waals surface area contributed by atoms with Gasteiger partial charge in [-0.2, -0.15) is 0 Å². The fourth-order valence-electron chi connectivity index (χ4n) is 0.859. The standard InChI is InChI=1S/C8H18N2O.2C2H6/c1-5-10(8(2)11)7-6-9(3)4;2*1-2/h5-7H2,1-4H3;2*1-2H3. The number of likely N-dealkylation sites (N-methyl/N-ethyl adjacent to an activating group) is 2. The van der Waals surface area contributed by atoms with Crippen LogP contribution in [-0.4, -0.2) is 49.4 Å². The van der Waals surface area contributed by atoms with Gasteiger partial charge >= 0.3 is 0 Å². The molecule has 0 saturated heterocycles. The van der Waals surface area contributed by atoms with Gasteiger partial charge in [0.25, 0.3) is 0 Å². The number of hydrogen-bond donors (Lipinski definition) is 0. The van der Waals surface area contributed by atoms with Crippen LogP contribution in [0, 0.1) is 0 Å². The summed E-state index contributed by atoms with van der Waals surface area (Å²) >= 11 is 0. The molecule has 0 saturated carbocycles. The van der Waals surface area contributed by atoms with Crippen molar-refractivity contribution in [1.82, 2.24) is 9.80 Å². The Labute approximate surface area is 96.4 Å². The maximum absolute atomic E-state index is 10.9. The lowest BCUT2D eigenvalue weighted by atomic mass is 10.4. The fourth-order valence-corrected chi connectivity index (χ4v) is 0.859. The maximum Gasteiger partial charge on any atom is 0.219 e. The van der Waals surface area contributed by atoms with Crippen molar-refractivity contribution in [2.45, 2.75) is 41.5 Å². The Morgan fingerprint density at radius 2 is 1.40 bits per heavy atom. The van der Waals surface area contributed by atoms with E-state index in [0.29, 0.717) is 0 Å². The quantitative estimate of drug-likeness (QED) is 0.724. The van der Waals surface area contributed by atoms with E-state index in [1.165, 1.54) is 0 Å². The maximum atomic E-state index is 10.9. The first kappa shape index (κ1) is 19.9. The molecule has 0 aromatic heterocycles. The lowest BCUT2D eigenvalue weighted by Crippen LogP contribution is -2.34. The van der Waals surface area contributed by atoms with Gasteiger partial charge in [-0.15, -0.1) is 0 Å². The Morgan fingerprint density at radius 1 is 1.00 bits per heavy atom. The van der Waals surface area contributed by atoms with Gasteiger partial charge < -0.3 is 9.80 Å². The molecule has 0 aliphatic carbocycles. The van der Waals surface area contributed by atoms with Crippen LogP contribution in [0.15, 0.2) is 0 Å². The summed E-state index contributed by atoms with van der Waals surface area (Å²) in [4.78, 5) is 14.8. The third-order valence-corrected chi connectivity index (χ3v) is 1.64. The van der Waals surface area contributed by atoms with Gasteiger partial charge in [-0.1, -0.05) is 27.7 Å². The van der Waals surface area contributed by atoms with Gasteiger partial charge in [-0.3, -0.25) is 4.79 Å². The minimum absolute atomic E-state index is 0.161. The molecule has 0 heterocycles. The van der Waals surface area contributed by atoms with Gasteiger partial charge in [0.2, 0.25) is 5.91 Å². The van der Waals surface area contributed by atoms with Crippen LogP contribution in [0.2, 0.25) is 0 Å². The highest BCUT2D eigenvalue weighted by molar-refractivity contribution is 5.73. The first-order valence-corrected chi connectivity index (χ1v) is 5.98. The first-order chi connectivity index (χ1) is 7.07. The molecule has 0 radical (unpaired) electrons. The third kappa shape index (κ3) is 16.1. The summed E-state index contributed by atoms with van der Waals surface area (Å²) < 4.78 is 0. The number of hydrogen-bond acceptors (Lipinski definition) is 2. The normalized spacial score (nSPS) is 8.33. The average molecular weight is 218 g/mol. The molecule has 0 bridgehead atoms. The monoisotopic (exact) mass is 218 g/mol. The van der Waals surface area contributed by atoms with Crippen molar-refractivity contribution in [1.29, 1.82) is 0 Å². The smallest absolute Gasteiger partial charge is 0.219 e. The molecule has 0 aromatic carbocycles. The molecule has 3 nitrogen and oxygen atoms in total. The lowest BCUT2D eigenvalue weighted by molar-refractivity contribution is -0.128. The van der Waals surface area contributed by atoms with Crippen molar-refractivity contribution in [3.8, 4) is 0 Å². The highest BCUT2D eigenvalue weighted by Gasteiger charge is 2.04. The summed E-state index contributed by atoms with van der Waals surface area (Å²) in [5.74, 6) is 0.161. The third-order valence-electron chi connectivity index (χ3n) is 1.64. The molecular weight excluding hydrogens is 188 g/mol. The van der Waals surface area contributed by atoms with Crippen LogP contribution in [-0.2, 0) is 4.79 Å². The molecule has 0 rings (SSSR count). The van der Waals surface area contributed by atoms with E-state index in [4.69, 9.17) is 0 Å². The topological polar surface area (TPSA) is 23.6 Å². The minimum Gasteiger partial charge on any atom is -0.342 e. The molecule has 0 spiro atoms. The SMILES string of the molecule is CC.CC.CCN(CCN(C)C)C(C)=O. The van der Waals surface area contributed by atoms with Crippen LogP contribution >= 0.6 is 0 Å². The summed E-state index contributed by atoms with van der Waals surface area (Å²) in [7, 11) is 4.02. The van der Waals surface area contributed by atoms with Crippen LogP contribution in [0.4, 0.5) is 0 Å². The summed E-state index contributed by atoms with van der Waals surface area (Å²) in [6, 6.07) is 0. The molecule has 0 unspecified atom stereocenters. The molecule has 0 aliphatic heterocycles. The zero-order valence-corrected chi connectivity index (χ0v) is 11.9.